The number of hydrogen-bond acceptors (Lipinski definition) is 6. The molecule has 150 valence electrons. The molecular formula is C22H23N3O4. The molecule has 0 aliphatic carbocycles. The van der Waals surface area contributed by atoms with Gasteiger partial charge < -0.3 is 24.8 Å². The molecule has 1 amide bonds. The summed E-state index contributed by atoms with van der Waals surface area (Å²) >= 11 is 0. The standard InChI is InChI=1S/C22H23N3O4/c1-14-5-7-20(28-3)17(11-14)24-15-9-10-23-19(12-15)22(26)25-18-13-16(27-2)6-8-21(18)29-4/h5-13H,1-4H3,(H,23,24)(H,25,26). The second kappa shape index (κ2) is 8.97. The Morgan fingerprint density at radius 3 is 2.31 bits per heavy atom. The third-order valence-electron chi connectivity index (χ3n) is 4.28. The van der Waals surface area contributed by atoms with E-state index < -0.39 is 0 Å². The van der Waals surface area contributed by atoms with Crippen molar-refractivity contribution < 1.29 is 19.0 Å². The molecule has 0 atom stereocenters. The van der Waals surface area contributed by atoms with Crippen molar-refractivity contribution in [3.63, 3.8) is 0 Å². The fourth-order valence-corrected chi connectivity index (χ4v) is 2.81. The molecule has 1 heterocycles. The lowest BCUT2D eigenvalue weighted by molar-refractivity contribution is 0.102. The van der Waals surface area contributed by atoms with E-state index in [0.29, 0.717) is 28.6 Å². The monoisotopic (exact) mass is 393 g/mol. The minimum absolute atomic E-state index is 0.256. The van der Waals surface area contributed by atoms with Crippen LogP contribution in [0.3, 0.4) is 0 Å². The Labute approximate surface area is 169 Å². The van der Waals surface area contributed by atoms with Crippen LogP contribution in [0.1, 0.15) is 16.1 Å². The fourth-order valence-electron chi connectivity index (χ4n) is 2.81. The first kappa shape index (κ1) is 20.0. The average molecular weight is 393 g/mol. The first-order chi connectivity index (χ1) is 14.0. The lowest BCUT2D eigenvalue weighted by Crippen LogP contribution is -2.14. The van der Waals surface area contributed by atoms with Crippen molar-refractivity contribution in [1.82, 2.24) is 4.98 Å². The van der Waals surface area contributed by atoms with Gasteiger partial charge in [0.15, 0.2) is 0 Å². The first-order valence-electron chi connectivity index (χ1n) is 8.95. The average Bonchev–Trinajstić information content (AvgIpc) is 2.74. The van der Waals surface area contributed by atoms with Crippen molar-refractivity contribution in [2.45, 2.75) is 6.92 Å². The normalized spacial score (nSPS) is 10.2. The van der Waals surface area contributed by atoms with Crippen LogP contribution in [-0.4, -0.2) is 32.2 Å². The summed E-state index contributed by atoms with van der Waals surface area (Å²) < 4.78 is 15.9. The van der Waals surface area contributed by atoms with Crippen LogP contribution in [0, 0.1) is 6.92 Å². The predicted octanol–water partition coefficient (Wildman–Crippen LogP) is 4.41. The van der Waals surface area contributed by atoms with E-state index in [1.165, 1.54) is 7.11 Å². The van der Waals surface area contributed by atoms with Gasteiger partial charge in [-0.3, -0.25) is 9.78 Å². The van der Waals surface area contributed by atoms with Gasteiger partial charge in [-0.1, -0.05) is 6.07 Å². The Morgan fingerprint density at radius 1 is 0.862 bits per heavy atom. The lowest BCUT2D eigenvalue weighted by Gasteiger charge is -2.13. The molecule has 0 radical (unpaired) electrons. The maximum atomic E-state index is 12.7. The highest BCUT2D eigenvalue weighted by Gasteiger charge is 2.13. The summed E-state index contributed by atoms with van der Waals surface area (Å²) in [6.45, 7) is 2.00. The van der Waals surface area contributed by atoms with Crippen molar-refractivity contribution in [2.75, 3.05) is 32.0 Å². The number of pyridine rings is 1. The largest absolute Gasteiger partial charge is 0.497 e. The van der Waals surface area contributed by atoms with E-state index in [9.17, 15) is 4.79 Å². The molecule has 0 unspecified atom stereocenters. The molecule has 0 bridgehead atoms. The van der Waals surface area contributed by atoms with Gasteiger partial charge in [-0.05, 0) is 48.9 Å². The van der Waals surface area contributed by atoms with Crippen LogP contribution in [0.2, 0.25) is 0 Å². The molecule has 0 saturated carbocycles. The fraction of sp³-hybridized carbons (Fsp3) is 0.182. The highest BCUT2D eigenvalue weighted by atomic mass is 16.5. The predicted molar refractivity (Wildman–Crippen MR) is 113 cm³/mol. The van der Waals surface area contributed by atoms with Gasteiger partial charge in [0.1, 0.15) is 22.9 Å². The molecule has 3 rings (SSSR count). The summed E-state index contributed by atoms with van der Waals surface area (Å²) in [5, 5.41) is 6.09. The Kier molecular flexibility index (Phi) is 6.19. The quantitative estimate of drug-likeness (QED) is 0.619. The zero-order chi connectivity index (χ0) is 20.8. The second-order valence-electron chi connectivity index (χ2n) is 6.28. The number of ether oxygens (including phenoxy) is 3. The number of rotatable bonds is 7. The molecule has 0 spiro atoms. The molecule has 2 aromatic carbocycles. The first-order valence-corrected chi connectivity index (χ1v) is 8.95. The summed E-state index contributed by atoms with van der Waals surface area (Å²) in [4.78, 5) is 16.9. The molecule has 0 aliphatic rings. The van der Waals surface area contributed by atoms with Crippen LogP contribution in [0.4, 0.5) is 17.1 Å². The highest BCUT2D eigenvalue weighted by Crippen LogP contribution is 2.30. The molecule has 7 heteroatoms. The molecule has 0 aliphatic heterocycles. The van der Waals surface area contributed by atoms with Gasteiger partial charge in [-0.2, -0.15) is 0 Å². The minimum Gasteiger partial charge on any atom is -0.497 e. The zero-order valence-corrected chi connectivity index (χ0v) is 16.8. The molecule has 2 N–H and O–H groups in total. The van der Waals surface area contributed by atoms with E-state index in [0.717, 1.165) is 11.3 Å². The number of methoxy groups -OCH3 is 3. The number of aryl methyl sites for hydroxylation is 1. The molecular weight excluding hydrogens is 370 g/mol. The number of benzene rings is 2. The van der Waals surface area contributed by atoms with Crippen LogP contribution < -0.4 is 24.8 Å². The van der Waals surface area contributed by atoms with E-state index >= 15 is 0 Å². The van der Waals surface area contributed by atoms with E-state index in [1.807, 2.05) is 25.1 Å². The number of anilines is 3. The van der Waals surface area contributed by atoms with Crippen LogP contribution in [0.15, 0.2) is 54.7 Å². The number of nitrogens with zero attached hydrogens (tertiary/aromatic N) is 1. The molecule has 7 nitrogen and oxygen atoms in total. The van der Waals surface area contributed by atoms with Crippen molar-refractivity contribution in [1.29, 1.82) is 0 Å². The van der Waals surface area contributed by atoms with Crippen LogP contribution in [0.5, 0.6) is 17.2 Å². The van der Waals surface area contributed by atoms with Gasteiger partial charge in [-0.15, -0.1) is 0 Å². The van der Waals surface area contributed by atoms with Gasteiger partial charge in [0, 0.05) is 18.0 Å². The SMILES string of the molecule is COc1ccc(OC)c(NC(=O)c2cc(Nc3cc(C)ccc3OC)ccn2)c1. The maximum Gasteiger partial charge on any atom is 0.274 e. The summed E-state index contributed by atoms with van der Waals surface area (Å²) in [5.41, 5.74) is 3.36. The Morgan fingerprint density at radius 2 is 1.59 bits per heavy atom. The van der Waals surface area contributed by atoms with E-state index in [4.69, 9.17) is 14.2 Å². The number of carbonyl (C=O) groups is 1. The minimum atomic E-state index is -0.364. The summed E-state index contributed by atoms with van der Waals surface area (Å²) in [6.07, 6.45) is 1.57. The molecule has 29 heavy (non-hydrogen) atoms. The van der Waals surface area contributed by atoms with E-state index in [1.54, 1.807) is 50.7 Å². The second-order valence-corrected chi connectivity index (χ2v) is 6.28. The van der Waals surface area contributed by atoms with Gasteiger partial charge in [0.25, 0.3) is 5.91 Å². The van der Waals surface area contributed by atoms with Crippen LogP contribution in [0.25, 0.3) is 0 Å². The van der Waals surface area contributed by atoms with Crippen LogP contribution >= 0.6 is 0 Å². The number of nitrogens with one attached hydrogen (secondary N) is 2. The van der Waals surface area contributed by atoms with Gasteiger partial charge >= 0.3 is 0 Å². The third-order valence-corrected chi connectivity index (χ3v) is 4.28. The zero-order valence-electron chi connectivity index (χ0n) is 16.8. The van der Waals surface area contributed by atoms with Crippen LogP contribution in [-0.2, 0) is 0 Å². The number of aromatic nitrogens is 1. The maximum absolute atomic E-state index is 12.7. The Bertz CT molecular complexity index is 1020. The summed E-state index contributed by atoms with van der Waals surface area (Å²) in [7, 11) is 4.71. The molecule has 3 aromatic rings. The highest BCUT2D eigenvalue weighted by molar-refractivity contribution is 6.04. The van der Waals surface area contributed by atoms with Crippen molar-refractivity contribution >= 4 is 23.0 Å². The third kappa shape index (κ3) is 4.76. The smallest absolute Gasteiger partial charge is 0.274 e. The molecule has 0 saturated heterocycles. The number of amides is 1. The van der Waals surface area contributed by atoms with E-state index in [-0.39, 0.29) is 11.6 Å². The number of hydrogen-bond donors (Lipinski definition) is 2. The molecule has 1 aromatic heterocycles. The van der Waals surface area contributed by atoms with Gasteiger partial charge in [0.05, 0.1) is 32.7 Å². The van der Waals surface area contributed by atoms with Crippen molar-refractivity contribution in [3.8, 4) is 17.2 Å². The summed E-state index contributed by atoms with van der Waals surface area (Å²) in [6, 6.07) is 14.5. The topological polar surface area (TPSA) is 81.7 Å². The van der Waals surface area contributed by atoms with Gasteiger partial charge in [0.2, 0.25) is 0 Å². The van der Waals surface area contributed by atoms with Crippen molar-refractivity contribution in [3.05, 3.63) is 66.0 Å². The number of carbonyl (C=O) groups excluding carboxylic acids is 1. The summed E-state index contributed by atoms with van der Waals surface area (Å²) in [5.74, 6) is 1.48. The molecule has 0 fully saturated rings. The lowest BCUT2D eigenvalue weighted by atomic mass is 10.2. The Balaban J connectivity index is 1.83. The van der Waals surface area contributed by atoms with Gasteiger partial charge in [-0.25, -0.2) is 0 Å². The van der Waals surface area contributed by atoms with E-state index in [2.05, 4.69) is 15.6 Å². The Hall–Kier alpha value is -3.74. The van der Waals surface area contributed by atoms with Crippen molar-refractivity contribution in [2.24, 2.45) is 0 Å².